The van der Waals surface area contributed by atoms with Crippen LogP contribution in [0.1, 0.15) is 5.56 Å². The largest absolute Gasteiger partial charge is 0.497 e. The zero-order chi connectivity index (χ0) is 17.2. The van der Waals surface area contributed by atoms with E-state index in [1.165, 1.54) is 0 Å². The molecule has 0 radical (unpaired) electrons. The minimum atomic E-state index is 0.540. The SMILES string of the molecule is COc1ccc(C)c(Nc2ncc3ccn(-c4ccncc4)c3n2)c1. The zero-order valence-electron chi connectivity index (χ0n) is 14.0. The van der Waals surface area contributed by atoms with E-state index in [0.717, 1.165) is 33.7 Å². The summed E-state index contributed by atoms with van der Waals surface area (Å²) in [6.45, 7) is 2.03. The van der Waals surface area contributed by atoms with E-state index >= 15 is 0 Å². The van der Waals surface area contributed by atoms with Gasteiger partial charge in [-0.1, -0.05) is 6.07 Å². The van der Waals surface area contributed by atoms with Crippen molar-refractivity contribution in [1.82, 2.24) is 19.5 Å². The summed E-state index contributed by atoms with van der Waals surface area (Å²) >= 11 is 0. The van der Waals surface area contributed by atoms with Crippen molar-refractivity contribution in [2.75, 3.05) is 12.4 Å². The van der Waals surface area contributed by atoms with Gasteiger partial charge < -0.3 is 14.6 Å². The van der Waals surface area contributed by atoms with Crippen molar-refractivity contribution in [2.24, 2.45) is 0 Å². The highest BCUT2D eigenvalue weighted by Crippen LogP contribution is 2.25. The normalized spacial score (nSPS) is 10.8. The molecule has 0 aliphatic rings. The first-order valence-electron chi connectivity index (χ1n) is 7.91. The number of fused-ring (bicyclic) bond motifs is 1. The summed E-state index contributed by atoms with van der Waals surface area (Å²) in [7, 11) is 1.65. The van der Waals surface area contributed by atoms with Crippen LogP contribution in [0.15, 0.2) is 61.2 Å². The van der Waals surface area contributed by atoms with Gasteiger partial charge >= 0.3 is 0 Å². The molecule has 1 aromatic carbocycles. The van der Waals surface area contributed by atoms with Crippen molar-refractivity contribution in [1.29, 1.82) is 0 Å². The molecule has 3 heterocycles. The molecule has 0 spiro atoms. The predicted molar refractivity (Wildman–Crippen MR) is 97.7 cm³/mol. The summed E-state index contributed by atoms with van der Waals surface area (Å²) in [4.78, 5) is 13.2. The molecule has 6 nitrogen and oxygen atoms in total. The van der Waals surface area contributed by atoms with Gasteiger partial charge in [0, 0.05) is 41.9 Å². The molecule has 6 heteroatoms. The molecule has 4 rings (SSSR count). The molecule has 0 saturated carbocycles. The van der Waals surface area contributed by atoms with E-state index in [2.05, 4.69) is 20.3 Å². The Morgan fingerprint density at radius 2 is 1.92 bits per heavy atom. The van der Waals surface area contributed by atoms with Gasteiger partial charge in [0.25, 0.3) is 0 Å². The molecule has 25 heavy (non-hydrogen) atoms. The maximum atomic E-state index is 5.29. The molecule has 3 aromatic heterocycles. The Kier molecular flexibility index (Phi) is 3.78. The number of pyridine rings is 1. The molecular weight excluding hydrogens is 314 g/mol. The van der Waals surface area contributed by atoms with E-state index in [4.69, 9.17) is 4.74 Å². The van der Waals surface area contributed by atoms with E-state index in [1.54, 1.807) is 19.5 Å². The van der Waals surface area contributed by atoms with Crippen molar-refractivity contribution in [3.05, 3.63) is 66.7 Å². The van der Waals surface area contributed by atoms with Gasteiger partial charge in [0.2, 0.25) is 5.95 Å². The maximum absolute atomic E-state index is 5.29. The lowest BCUT2D eigenvalue weighted by Gasteiger charge is -2.10. The Labute approximate surface area is 145 Å². The number of nitrogens with one attached hydrogen (secondary N) is 1. The molecule has 0 bridgehead atoms. The van der Waals surface area contributed by atoms with Crippen LogP contribution in [0.4, 0.5) is 11.6 Å². The van der Waals surface area contributed by atoms with E-state index < -0.39 is 0 Å². The van der Waals surface area contributed by atoms with Gasteiger partial charge in [-0.05, 0) is 36.8 Å². The smallest absolute Gasteiger partial charge is 0.229 e. The summed E-state index contributed by atoms with van der Waals surface area (Å²) in [5, 5.41) is 4.26. The maximum Gasteiger partial charge on any atom is 0.229 e. The third-order valence-corrected chi connectivity index (χ3v) is 4.06. The number of benzene rings is 1. The number of aromatic nitrogens is 4. The molecule has 1 N–H and O–H groups in total. The van der Waals surface area contributed by atoms with Gasteiger partial charge in [-0.3, -0.25) is 4.98 Å². The minimum Gasteiger partial charge on any atom is -0.497 e. The first-order chi connectivity index (χ1) is 12.2. The van der Waals surface area contributed by atoms with Gasteiger partial charge in [-0.2, -0.15) is 4.98 Å². The summed E-state index contributed by atoms with van der Waals surface area (Å²) in [5.41, 5.74) is 3.85. The van der Waals surface area contributed by atoms with Crippen LogP contribution < -0.4 is 10.1 Å². The second-order valence-corrected chi connectivity index (χ2v) is 5.67. The standard InChI is InChI=1S/C19H17N5O/c1-13-3-4-16(25-2)11-17(13)22-19-21-12-14-7-10-24(18(14)23-19)15-5-8-20-9-6-15/h3-12H,1-2H3,(H,21,22,23). The van der Waals surface area contributed by atoms with Crippen LogP contribution in [0.25, 0.3) is 16.7 Å². The van der Waals surface area contributed by atoms with Crippen molar-refractivity contribution in [3.8, 4) is 11.4 Å². The fraction of sp³-hybridized carbons (Fsp3) is 0.105. The van der Waals surface area contributed by atoms with Gasteiger partial charge in [0.15, 0.2) is 0 Å². The number of aryl methyl sites for hydroxylation is 1. The average Bonchev–Trinajstić information content (AvgIpc) is 3.07. The summed E-state index contributed by atoms with van der Waals surface area (Å²) in [6.07, 6.45) is 7.33. The van der Waals surface area contributed by atoms with E-state index in [9.17, 15) is 0 Å². The number of nitrogens with zero attached hydrogens (tertiary/aromatic N) is 4. The number of ether oxygens (including phenoxy) is 1. The van der Waals surface area contributed by atoms with Gasteiger partial charge in [0.1, 0.15) is 11.4 Å². The average molecular weight is 331 g/mol. The second kappa shape index (κ2) is 6.24. The highest BCUT2D eigenvalue weighted by molar-refractivity contribution is 5.79. The molecule has 0 aliphatic carbocycles. The molecular formula is C19H17N5O. The highest BCUT2D eigenvalue weighted by atomic mass is 16.5. The third-order valence-electron chi connectivity index (χ3n) is 4.06. The van der Waals surface area contributed by atoms with E-state index in [1.807, 2.05) is 60.3 Å². The van der Waals surface area contributed by atoms with Crippen LogP contribution in [0, 0.1) is 6.92 Å². The molecule has 0 atom stereocenters. The van der Waals surface area contributed by atoms with Crippen molar-refractivity contribution in [3.63, 3.8) is 0 Å². The number of methoxy groups -OCH3 is 1. The van der Waals surface area contributed by atoms with Gasteiger partial charge in [0.05, 0.1) is 12.8 Å². The fourth-order valence-corrected chi connectivity index (χ4v) is 2.67. The lowest BCUT2D eigenvalue weighted by Crippen LogP contribution is -2.01. The number of hydrogen-bond donors (Lipinski definition) is 1. The van der Waals surface area contributed by atoms with E-state index in [-0.39, 0.29) is 0 Å². The van der Waals surface area contributed by atoms with Crippen LogP contribution in [0.5, 0.6) is 5.75 Å². The topological polar surface area (TPSA) is 64.9 Å². The molecule has 0 amide bonds. The Morgan fingerprint density at radius 1 is 1.08 bits per heavy atom. The first kappa shape index (κ1) is 15.1. The van der Waals surface area contributed by atoms with Crippen LogP contribution in [0.2, 0.25) is 0 Å². The zero-order valence-corrected chi connectivity index (χ0v) is 14.0. The van der Waals surface area contributed by atoms with Crippen LogP contribution >= 0.6 is 0 Å². The lowest BCUT2D eigenvalue weighted by molar-refractivity contribution is 0.415. The molecule has 0 unspecified atom stereocenters. The Balaban J connectivity index is 1.74. The summed E-state index contributed by atoms with van der Waals surface area (Å²) in [5.74, 6) is 1.33. The number of anilines is 2. The van der Waals surface area contributed by atoms with Gasteiger partial charge in [-0.15, -0.1) is 0 Å². The van der Waals surface area contributed by atoms with E-state index in [0.29, 0.717) is 5.95 Å². The van der Waals surface area contributed by atoms with Crippen LogP contribution in [-0.4, -0.2) is 26.6 Å². The Hall–Kier alpha value is -3.41. The molecule has 4 aromatic rings. The van der Waals surface area contributed by atoms with Crippen molar-refractivity contribution in [2.45, 2.75) is 6.92 Å². The molecule has 0 saturated heterocycles. The van der Waals surface area contributed by atoms with Crippen LogP contribution in [-0.2, 0) is 0 Å². The minimum absolute atomic E-state index is 0.540. The Morgan fingerprint density at radius 3 is 2.72 bits per heavy atom. The summed E-state index contributed by atoms with van der Waals surface area (Å²) < 4.78 is 7.31. The predicted octanol–water partition coefficient (Wildman–Crippen LogP) is 3.88. The second-order valence-electron chi connectivity index (χ2n) is 5.67. The first-order valence-corrected chi connectivity index (χ1v) is 7.91. The summed E-state index contributed by atoms with van der Waals surface area (Å²) in [6, 6.07) is 11.8. The fourth-order valence-electron chi connectivity index (χ4n) is 2.67. The van der Waals surface area contributed by atoms with Crippen molar-refractivity contribution >= 4 is 22.7 Å². The van der Waals surface area contributed by atoms with Crippen molar-refractivity contribution < 1.29 is 4.74 Å². The lowest BCUT2D eigenvalue weighted by atomic mass is 10.2. The quantitative estimate of drug-likeness (QED) is 0.615. The molecule has 124 valence electrons. The highest BCUT2D eigenvalue weighted by Gasteiger charge is 2.08. The monoisotopic (exact) mass is 331 g/mol. The van der Waals surface area contributed by atoms with Crippen LogP contribution in [0.3, 0.4) is 0 Å². The third kappa shape index (κ3) is 2.89. The molecule has 0 aliphatic heterocycles. The molecule has 0 fully saturated rings. The Bertz CT molecular complexity index is 1030. The van der Waals surface area contributed by atoms with Gasteiger partial charge in [-0.25, -0.2) is 4.98 Å². The number of rotatable bonds is 4. The number of hydrogen-bond acceptors (Lipinski definition) is 5.